The van der Waals surface area contributed by atoms with Crippen LogP contribution in [0.25, 0.3) is 33.4 Å². The Hall–Kier alpha value is -4.68. The van der Waals surface area contributed by atoms with Gasteiger partial charge in [0.15, 0.2) is 0 Å². The van der Waals surface area contributed by atoms with Gasteiger partial charge in [0.25, 0.3) is 0 Å². The molecule has 0 saturated carbocycles. The molecule has 4 aliphatic carbocycles. The normalized spacial score (nSPS) is 15.4. The van der Waals surface area contributed by atoms with E-state index in [1.54, 1.807) is 0 Å². The second-order valence-electron chi connectivity index (χ2n) is 12.0. The zero-order valence-electron chi connectivity index (χ0n) is 22.2. The van der Waals surface area contributed by atoms with E-state index in [0.29, 0.717) is 0 Å². The van der Waals surface area contributed by atoms with Crippen LogP contribution in [0.2, 0.25) is 0 Å². The molecule has 1 spiro atoms. The minimum atomic E-state index is -0.324. The van der Waals surface area contributed by atoms with Crippen LogP contribution in [0.5, 0.6) is 0 Å². The van der Waals surface area contributed by atoms with E-state index in [9.17, 15) is 0 Å². The fourth-order valence-corrected chi connectivity index (χ4v) is 8.75. The highest BCUT2D eigenvalue weighted by Crippen LogP contribution is 2.65. The van der Waals surface area contributed by atoms with Gasteiger partial charge in [0.05, 0.1) is 5.41 Å². The third-order valence-corrected chi connectivity index (χ3v) is 10.2. The van der Waals surface area contributed by atoms with E-state index >= 15 is 0 Å². The fourth-order valence-electron chi connectivity index (χ4n) is 8.75. The quantitative estimate of drug-likeness (QED) is 0.192. The van der Waals surface area contributed by atoms with E-state index in [1.165, 1.54) is 89.0 Å². The van der Waals surface area contributed by atoms with Crippen molar-refractivity contribution in [2.45, 2.75) is 24.7 Å². The van der Waals surface area contributed by atoms with Crippen molar-refractivity contribution >= 4 is 0 Å². The van der Waals surface area contributed by atoms with Crippen molar-refractivity contribution in [3.63, 3.8) is 0 Å². The molecule has 0 amide bonds. The average Bonchev–Trinajstić information content (AvgIpc) is 3.66. The number of benzene rings is 6. The zero-order valence-corrected chi connectivity index (χ0v) is 22.2. The lowest BCUT2D eigenvalue weighted by atomic mass is 9.61. The van der Waals surface area contributed by atoms with Crippen LogP contribution in [-0.4, -0.2) is 0 Å². The maximum absolute atomic E-state index is 2.49. The molecule has 0 fully saturated rings. The van der Waals surface area contributed by atoms with Crippen molar-refractivity contribution in [2.24, 2.45) is 0 Å². The second kappa shape index (κ2) is 7.29. The van der Waals surface area contributed by atoms with Crippen molar-refractivity contribution in [2.75, 3.05) is 0 Å². The van der Waals surface area contributed by atoms with Crippen LogP contribution in [0.15, 0.2) is 121 Å². The Morgan fingerprint density at radius 1 is 0.300 bits per heavy atom. The Bertz CT molecular complexity index is 1940. The molecule has 0 aliphatic heterocycles. The van der Waals surface area contributed by atoms with Gasteiger partial charge >= 0.3 is 0 Å². The summed E-state index contributed by atoms with van der Waals surface area (Å²) in [5.41, 5.74) is 22.9. The molecule has 4 aliphatic rings. The molecule has 0 atom stereocenters. The van der Waals surface area contributed by atoms with Gasteiger partial charge in [0.2, 0.25) is 0 Å². The van der Waals surface area contributed by atoms with Crippen LogP contribution < -0.4 is 0 Å². The zero-order chi connectivity index (χ0) is 26.0. The molecular weight excluding hydrogens is 480 g/mol. The number of rotatable bonds is 0. The van der Waals surface area contributed by atoms with Gasteiger partial charge in [-0.05, 0) is 108 Å². The highest BCUT2D eigenvalue weighted by molar-refractivity contribution is 6.06. The molecule has 0 N–H and O–H groups in total. The minimum absolute atomic E-state index is 0.324. The average molecular weight is 507 g/mol. The van der Waals surface area contributed by atoms with Crippen molar-refractivity contribution in [1.29, 1.82) is 0 Å². The SMILES string of the molecule is c1ccc2c(c1)Cc1ccc3c(c1-2)-c1c(ccc2c1-c1ccccc1C2)C31c2ccccc2Cc2ccccc21. The lowest BCUT2D eigenvalue weighted by Crippen LogP contribution is -2.34. The third-order valence-electron chi connectivity index (χ3n) is 10.2. The molecule has 186 valence electrons. The molecule has 0 unspecified atom stereocenters. The summed E-state index contributed by atoms with van der Waals surface area (Å²) >= 11 is 0. The van der Waals surface area contributed by atoms with Crippen molar-refractivity contribution in [3.05, 3.63) is 177 Å². The van der Waals surface area contributed by atoms with Gasteiger partial charge < -0.3 is 0 Å². The van der Waals surface area contributed by atoms with Crippen LogP contribution >= 0.6 is 0 Å². The largest absolute Gasteiger partial charge is 0.0719 e. The van der Waals surface area contributed by atoms with Gasteiger partial charge in [-0.25, -0.2) is 0 Å². The molecule has 6 aromatic carbocycles. The van der Waals surface area contributed by atoms with Gasteiger partial charge in [-0.15, -0.1) is 0 Å². The number of fused-ring (bicyclic) bond motifs is 17. The van der Waals surface area contributed by atoms with Crippen LogP contribution in [0.1, 0.15) is 55.6 Å². The third kappa shape index (κ3) is 2.36. The smallest absolute Gasteiger partial charge is 0.0620 e. The summed E-state index contributed by atoms with van der Waals surface area (Å²) in [6.07, 6.45) is 3.01. The predicted molar refractivity (Wildman–Crippen MR) is 163 cm³/mol. The van der Waals surface area contributed by atoms with E-state index in [0.717, 1.165) is 19.3 Å². The van der Waals surface area contributed by atoms with E-state index in [2.05, 4.69) is 121 Å². The summed E-state index contributed by atoms with van der Waals surface area (Å²) in [7, 11) is 0. The summed E-state index contributed by atoms with van der Waals surface area (Å²) in [4.78, 5) is 0. The highest BCUT2D eigenvalue weighted by atomic mass is 14.5. The van der Waals surface area contributed by atoms with Crippen molar-refractivity contribution in [3.8, 4) is 33.4 Å². The van der Waals surface area contributed by atoms with Gasteiger partial charge in [0.1, 0.15) is 0 Å². The van der Waals surface area contributed by atoms with E-state index < -0.39 is 0 Å². The molecule has 0 bridgehead atoms. The molecule has 10 rings (SSSR count). The van der Waals surface area contributed by atoms with Gasteiger partial charge in [-0.2, -0.15) is 0 Å². The monoisotopic (exact) mass is 506 g/mol. The molecule has 0 heteroatoms. The first-order valence-electron chi connectivity index (χ1n) is 14.5. The van der Waals surface area contributed by atoms with Crippen LogP contribution in [0.3, 0.4) is 0 Å². The van der Waals surface area contributed by atoms with Gasteiger partial charge in [-0.1, -0.05) is 121 Å². The predicted octanol–water partition coefficient (Wildman–Crippen LogP) is 9.10. The number of hydrogen-bond donors (Lipinski definition) is 0. The Morgan fingerprint density at radius 3 is 1.20 bits per heavy atom. The Balaban J connectivity index is 1.45. The van der Waals surface area contributed by atoms with Crippen LogP contribution in [-0.2, 0) is 24.7 Å². The minimum Gasteiger partial charge on any atom is -0.0620 e. The maximum atomic E-state index is 2.49. The Kier molecular flexibility index (Phi) is 3.86. The van der Waals surface area contributed by atoms with Gasteiger partial charge in [0, 0.05) is 0 Å². The molecule has 0 nitrogen and oxygen atoms in total. The second-order valence-corrected chi connectivity index (χ2v) is 12.0. The molecule has 6 aromatic rings. The lowest BCUT2D eigenvalue weighted by molar-refractivity contribution is 0.722. The van der Waals surface area contributed by atoms with Crippen LogP contribution in [0.4, 0.5) is 0 Å². The molecule has 0 saturated heterocycles. The molecule has 0 heterocycles. The summed E-state index contributed by atoms with van der Waals surface area (Å²) < 4.78 is 0. The standard InChI is InChI=1S/C40H26/c1-5-13-30-24(9-1)21-28-17-19-34-38(36(28)30)39-35(20-18-29-22-25-10-2-6-14-31(25)37(29)39)40(34)32-15-7-3-11-26(32)23-27-12-4-8-16-33(27)40/h1-20H,21-23H2. The van der Waals surface area contributed by atoms with E-state index in [1.807, 2.05) is 0 Å². The first kappa shape index (κ1) is 21.2. The molecule has 40 heavy (non-hydrogen) atoms. The topological polar surface area (TPSA) is 0 Å². The first-order chi connectivity index (χ1) is 19.8. The first-order valence-corrected chi connectivity index (χ1v) is 14.5. The Labute approximate surface area is 234 Å². The summed E-state index contributed by atoms with van der Waals surface area (Å²) in [6.45, 7) is 0. The lowest BCUT2D eigenvalue weighted by Gasteiger charge is -2.40. The van der Waals surface area contributed by atoms with Gasteiger partial charge in [-0.3, -0.25) is 0 Å². The van der Waals surface area contributed by atoms with E-state index in [-0.39, 0.29) is 5.41 Å². The molecule has 0 radical (unpaired) electrons. The number of hydrogen-bond acceptors (Lipinski definition) is 0. The molecule has 0 aromatic heterocycles. The van der Waals surface area contributed by atoms with Crippen LogP contribution in [0, 0.1) is 0 Å². The maximum Gasteiger partial charge on any atom is 0.0719 e. The van der Waals surface area contributed by atoms with Crippen molar-refractivity contribution in [1.82, 2.24) is 0 Å². The summed E-state index contributed by atoms with van der Waals surface area (Å²) in [6, 6.07) is 46.5. The van der Waals surface area contributed by atoms with Crippen molar-refractivity contribution < 1.29 is 0 Å². The Morgan fingerprint density at radius 2 is 0.700 bits per heavy atom. The van der Waals surface area contributed by atoms with E-state index in [4.69, 9.17) is 0 Å². The fraction of sp³-hybridized carbons (Fsp3) is 0.100. The highest BCUT2D eigenvalue weighted by Gasteiger charge is 2.52. The summed E-state index contributed by atoms with van der Waals surface area (Å²) in [5.74, 6) is 0. The summed E-state index contributed by atoms with van der Waals surface area (Å²) in [5, 5.41) is 0. The molecular formula is C40H26.